The Morgan fingerprint density at radius 3 is 2.32 bits per heavy atom. The lowest BCUT2D eigenvalue weighted by Crippen LogP contribution is -2.29. The van der Waals surface area contributed by atoms with E-state index in [1.54, 1.807) is 24.3 Å². The Bertz CT molecular complexity index is 748. The van der Waals surface area contributed by atoms with E-state index in [0.717, 1.165) is 5.75 Å². The van der Waals surface area contributed by atoms with Crippen LogP contribution in [0.1, 0.15) is 6.42 Å². The molecule has 2 aromatic carbocycles. The summed E-state index contributed by atoms with van der Waals surface area (Å²) >= 11 is 0. The molecule has 1 unspecified atom stereocenters. The van der Waals surface area contributed by atoms with Gasteiger partial charge in [0.1, 0.15) is 23.3 Å². The molecule has 3 rings (SSSR count). The first-order valence-electron chi connectivity index (χ1n) is 6.83. The molecule has 1 N–H and O–H groups in total. The van der Waals surface area contributed by atoms with Gasteiger partial charge in [0.05, 0.1) is 18.2 Å². The van der Waals surface area contributed by atoms with Crippen molar-refractivity contribution in [2.45, 2.75) is 6.42 Å². The summed E-state index contributed by atoms with van der Waals surface area (Å²) in [5.74, 6) is 0.514. The molecule has 0 spiro atoms. The highest BCUT2D eigenvalue weighted by Crippen LogP contribution is 2.29. The Morgan fingerprint density at radius 2 is 1.73 bits per heavy atom. The van der Waals surface area contributed by atoms with Gasteiger partial charge in [-0.05, 0) is 36.4 Å². The van der Waals surface area contributed by atoms with Gasteiger partial charge in [-0.3, -0.25) is 15.1 Å². The molecule has 1 heterocycles. The molecule has 22 heavy (non-hydrogen) atoms. The molecule has 0 aliphatic carbocycles. The van der Waals surface area contributed by atoms with Gasteiger partial charge in [0.25, 0.3) is 0 Å². The molecule has 0 aromatic heterocycles. The van der Waals surface area contributed by atoms with Gasteiger partial charge < -0.3 is 4.74 Å². The Labute approximate surface area is 127 Å². The summed E-state index contributed by atoms with van der Waals surface area (Å²) in [4.78, 5) is 13.2. The second kappa shape index (κ2) is 5.70. The highest BCUT2D eigenvalue weighted by Gasteiger charge is 2.36. The SMILES string of the molecule is N#CC1CC(=O)N(c2ccc(Oc3ccccc3)cc2)C1=N. The molecule has 1 fully saturated rings. The monoisotopic (exact) mass is 291 g/mol. The topological polar surface area (TPSA) is 77.2 Å². The van der Waals surface area contributed by atoms with Gasteiger partial charge in [-0.1, -0.05) is 18.2 Å². The zero-order chi connectivity index (χ0) is 15.5. The predicted molar refractivity (Wildman–Crippen MR) is 81.9 cm³/mol. The number of amidine groups is 1. The van der Waals surface area contributed by atoms with Crippen LogP contribution in [-0.4, -0.2) is 11.7 Å². The molecular formula is C17H13N3O2. The maximum Gasteiger partial charge on any atom is 0.234 e. The molecule has 1 amide bonds. The molecule has 5 heteroatoms. The number of hydrogen-bond acceptors (Lipinski definition) is 4. The molecular weight excluding hydrogens is 278 g/mol. The van der Waals surface area contributed by atoms with Gasteiger partial charge in [0.2, 0.25) is 5.91 Å². The van der Waals surface area contributed by atoms with E-state index >= 15 is 0 Å². The van der Waals surface area contributed by atoms with Crippen LogP contribution in [0.25, 0.3) is 0 Å². The van der Waals surface area contributed by atoms with E-state index in [1.807, 2.05) is 36.4 Å². The largest absolute Gasteiger partial charge is 0.457 e. The number of nitrogens with zero attached hydrogens (tertiary/aromatic N) is 2. The Morgan fingerprint density at radius 1 is 1.09 bits per heavy atom. The third-order valence-electron chi connectivity index (χ3n) is 3.43. The van der Waals surface area contributed by atoms with Crippen LogP contribution in [0.5, 0.6) is 11.5 Å². The fourth-order valence-corrected chi connectivity index (χ4v) is 2.33. The molecule has 108 valence electrons. The number of nitrogens with one attached hydrogen (secondary N) is 1. The Hall–Kier alpha value is -3.13. The normalized spacial score (nSPS) is 17.4. The van der Waals surface area contributed by atoms with E-state index in [0.29, 0.717) is 11.4 Å². The van der Waals surface area contributed by atoms with E-state index in [2.05, 4.69) is 0 Å². The van der Waals surface area contributed by atoms with Crippen molar-refractivity contribution in [3.8, 4) is 17.6 Å². The number of anilines is 1. The minimum atomic E-state index is -0.659. The highest BCUT2D eigenvalue weighted by molar-refractivity contribution is 6.22. The van der Waals surface area contributed by atoms with Crippen LogP contribution in [0, 0.1) is 22.7 Å². The van der Waals surface area contributed by atoms with Crippen molar-refractivity contribution in [1.29, 1.82) is 10.7 Å². The lowest BCUT2D eigenvalue weighted by atomic mass is 10.1. The molecule has 5 nitrogen and oxygen atoms in total. The summed E-state index contributed by atoms with van der Waals surface area (Å²) in [6, 6.07) is 18.3. The lowest BCUT2D eigenvalue weighted by Gasteiger charge is -2.16. The van der Waals surface area contributed by atoms with Crippen molar-refractivity contribution >= 4 is 17.4 Å². The molecule has 1 aliphatic rings. The molecule has 1 aliphatic heterocycles. The Balaban J connectivity index is 1.79. The van der Waals surface area contributed by atoms with Crippen molar-refractivity contribution in [2.75, 3.05) is 4.90 Å². The third-order valence-corrected chi connectivity index (χ3v) is 3.43. The third kappa shape index (κ3) is 2.54. The number of ether oxygens (including phenoxy) is 1. The second-order valence-electron chi connectivity index (χ2n) is 4.91. The van der Waals surface area contributed by atoms with Crippen LogP contribution >= 0.6 is 0 Å². The van der Waals surface area contributed by atoms with Gasteiger partial charge in [-0.2, -0.15) is 5.26 Å². The van der Waals surface area contributed by atoms with E-state index in [9.17, 15) is 4.79 Å². The fourth-order valence-electron chi connectivity index (χ4n) is 2.33. The van der Waals surface area contributed by atoms with E-state index in [1.165, 1.54) is 4.90 Å². The molecule has 1 atom stereocenters. The average molecular weight is 291 g/mol. The smallest absolute Gasteiger partial charge is 0.234 e. The first kappa shape index (κ1) is 13.8. The van der Waals surface area contributed by atoms with Gasteiger partial charge in [0.15, 0.2) is 0 Å². The van der Waals surface area contributed by atoms with E-state index in [4.69, 9.17) is 15.4 Å². The van der Waals surface area contributed by atoms with Crippen molar-refractivity contribution in [2.24, 2.45) is 5.92 Å². The molecule has 2 aromatic rings. The highest BCUT2D eigenvalue weighted by atomic mass is 16.5. The number of carbonyl (C=O) groups is 1. The van der Waals surface area contributed by atoms with Crippen molar-refractivity contribution < 1.29 is 9.53 Å². The summed E-state index contributed by atoms with van der Waals surface area (Å²) in [6.45, 7) is 0. The van der Waals surface area contributed by atoms with Crippen LogP contribution in [0.4, 0.5) is 5.69 Å². The lowest BCUT2D eigenvalue weighted by molar-refractivity contribution is -0.117. The van der Waals surface area contributed by atoms with Crippen LogP contribution in [0.3, 0.4) is 0 Å². The van der Waals surface area contributed by atoms with Gasteiger partial charge in [0, 0.05) is 0 Å². The van der Waals surface area contributed by atoms with Crippen LogP contribution in [0.15, 0.2) is 54.6 Å². The van der Waals surface area contributed by atoms with Crippen LogP contribution in [0.2, 0.25) is 0 Å². The van der Waals surface area contributed by atoms with Gasteiger partial charge in [-0.15, -0.1) is 0 Å². The molecule has 0 radical (unpaired) electrons. The van der Waals surface area contributed by atoms with Crippen LogP contribution < -0.4 is 9.64 Å². The van der Waals surface area contributed by atoms with E-state index in [-0.39, 0.29) is 18.2 Å². The second-order valence-corrected chi connectivity index (χ2v) is 4.91. The van der Waals surface area contributed by atoms with Gasteiger partial charge >= 0.3 is 0 Å². The first-order chi connectivity index (χ1) is 10.7. The minimum absolute atomic E-state index is 0.0317. The summed E-state index contributed by atoms with van der Waals surface area (Å²) in [7, 11) is 0. The van der Waals surface area contributed by atoms with Gasteiger partial charge in [-0.25, -0.2) is 0 Å². The summed E-state index contributed by atoms with van der Waals surface area (Å²) in [5.41, 5.74) is 0.577. The fraction of sp³-hybridized carbons (Fsp3) is 0.118. The summed E-state index contributed by atoms with van der Waals surface area (Å²) in [6.07, 6.45) is 0.0671. The quantitative estimate of drug-likeness (QED) is 0.942. The summed E-state index contributed by atoms with van der Waals surface area (Å²) < 4.78 is 5.68. The average Bonchev–Trinajstić information content (AvgIpc) is 2.83. The maximum absolute atomic E-state index is 11.9. The Kier molecular flexibility index (Phi) is 3.58. The zero-order valence-electron chi connectivity index (χ0n) is 11.7. The number of hydrogen-bond donors (Lipinski definition) is 1. The van der Waals surface area contributed by atoms with Crippen molar-refractivity contribution in [3.63, 3.8) is 0 Å². The molecule has 0 saturated carbocycles. The maximum atomic E-state index is 11.9. The van der Waals surface area contributed by atoms with Crippen LogP contribution in [-0.2, 0) is 4.79 Å². The number of benzene rings is 2. The number of rotatable bonds is 3. The zero-order valence-corrected chi connectivity index (χ0v) is 11.7. The standard InChI is InChI=1S/C17H13N3O2/c18-11-12-10-16(21)20(17(12)19)13-6-8-15(9-7-13)22-14-4-2-1-3-5-14/h1-9,12,19H,10H2. The summed E-state index contributed by atoms with van der Waals surface area (Å²) in [5, 5.41) is 16.9. The number of amides is 1. The first-order valence-corrected chi connectivity index (χ1v) is 6.83. The number of nitriles is 1. The molecule has 1 saturated heterocycles. The van der Waals surface area contributed by atoms with E-state index < -0.39 is 5.92 Å². The minimum Gasteiger partial charge on any atom is -0.457 e. The number of para-hydroxylation sites is 1. The molecule has 0 bridgehead atoms. The van der Waals surface area contributed by atoms with Crippen molar-refractivity contribution in [3.05, 3.63) is 54.6 Å². The van der Waals surface area contributed by atoms with Crippen molar-refractivity contribution in [1.82, 2.24) is 0 Å². The number of carbonyl (C=O) groups excluding carboxylic acids is 1. The predicted octanol–water partition coefficient (Wildman–Crippen LogP) is 3.33.